The van der Waals surface area contributed by atoms with Gasteiger partial charge in [-0.25, -0.2) is 17.9 Å². The Kier molecular flexibility index (Phi) is 4.36. The molecule has 5 nitrogen and oxygen atoms in total. The highest BCUT2D eigenvalue weighted by Crippen LogP contribution is 2.34. The predicted molar refractivity (Wildman–Crippen MR) is 83.4 cm³/mol. The van der Waals surface area contributed by atoms with Crippen LogP contribution in [0.15, 0.2) is 29.2 Å². The molecular formula is C14H17NO4S2. The highest BCUT2D eigenvalue weighted by molar-refractivity contribution is 7.90. The number of carboxylic acids is 1. The normalized spacial score (nSPS) is 13.7. The van der Waals surface area contributed by atoms with Crippen LogP contribution in [0.4, 0.5) is 0 Å². The summed E-state index contributed by atoms with van der Waals surface area (Å²) in [5, 5.41) is 9.74. The maximum absolute atomic E-state index is 12.6. The Morgan fingerprint density at radius 2 is 1.86 bits per heavy atom. The Bertz CT molecular complexity index is 777. The number of carbonyl (C=O) groups is 1. The molecule has 0 bridgehead atoms. The van der Waals surface area contributed by atoms with Crippen molar-refractivity contribution in [2.45, 2.75) is 31.7 Å². The Labute approximate surface area is 127 Å². The van der Waals surface area contributed by atoms with Crippen molar-refractivity contribution in [3.63, 3.8) is 0 Å². The van der Waals surface area contributed by atoms with E-state index in [4.69, 9.17) is 0 Å². The van der Waals surface area contributed by atoms with Gasteiger partial charge in [-0.1, -0.05) is 32.0 Å². The number of hydrogen-bond acceptors (Lipinski definition) is 4. The summed E-state index contributed by atoms with van der Waals surface area (Å²) in [6.07, 6.45) is 0. The molecule has 0 aliphatic heterocycles. The molecule has 1 unspecified atom stereocenters. The van der Waals surface area contributed by atoms with Crippen LogP contribution in [0.25, 0.3) is 10.1 Å². The van der Waals surface area contributed by atoms with E-state index in [1.54, 1.807) is 31.2 Å². The molecule has 0 radical (unpaired) electrons. The molecule has 0 saturated carbocycles. The molecule has 7 heteroatoms. The van der Waals surface area contributed by atoms with Crippen LogP contribution in [0.1, 0.15) is 30.4 Å². The highest BCUT2D eigenvalue weighted by atomic mass is 32.2. The van der Waals surface area contributed by atoms with Gasteiger partial charge in [-0.15, -0.1) is 11.3 Å². The summed E-state index contributed by atoms with van der Waals surface area (Å²) >= 11 is 0.976. The molecule has 2 rings (SSSR count). The molecule has 0 amide bonds. The fourth-order valence-corrected chi connectivity index (χ4v) is 5.00. The first kappa shape index (κ1) is 15.9. The third-order valence-corrected chi connectivity index (χ3v) is 6.29. The highest BCUT2D eigenvalue weighted by Gasteiger charge is 2.29. The molecule has 0 aliphatic carbocycles. The van der Waals surface area contributed by atoms with Gasteiger partial charge in [0.05, 0.1) is 0 Å². The number of fused-ring (bicyclic) bond motifs is 1. The van der Waals surface area contributed by atoms with E-state index in [1.807, 2.05) is 13.8 Å². The van der Waals surface area contributed by atoms with Gasteiger partial charge in [0, 0.05) is 16.1 Å². The van der Waals surface area contributed by atoms with Gasteiger partial charge in [-0.05, 0) is 18.9 Å². The van der Waals surface area contributed by atoms with Crippen molar-refractivity contribution in [1.82, 2.24) is 4.72 Å². The first-order valence-electron chi connectivity index (χ1n) is 6.51. The van der Waals surface area contributed by atoms with Crippen molar-refractivity contribution >= 4 is 37.4 Å². The van der Waals surface area contributed by atoms with Crippen molar-refractivity contribution in [3.05, 3.63) is 29.1 Å². The molecule has 0 fully saturated rings. The Hall–Kier alpha value is -1.44. The van der Waals surface area contributed by atoms with Crippen LogP contribution in [-0.2, 0) is 10.0 Å². The largest absolute Gasteiger partial charge is 0.477 e. The number of carboxylic acid groups (broad SMARTS) is 1. The van der Waals surface area contributed by atoms with Crippen LogP contribution in [0.5, 0.6) is 0 Å². The van der Waals surface area contributed by atoms with Gasteiger partial charge in [-0.3, -0.25) is 0 Å². The van der Waals surface area contributed by atoms with Crippen LogP contribution >= 0.6 is 11.3 Å². The van der Waals surface area contributed by atoms with E-state index in [1.165, 1.54) is 0 Å². The first-order valence-corrected chi connectivity index (χ1v) is 8.81. The van der Waals surface area contributed by atoms with Crippen molar-refractivity contribution in [1.29, 1.82) is 0 Å². The second-order valence-electron chi connectivity index (χ2n) is 5.22. The molecular weight excluding hydrogens is 310 g/mol. The summed E-state index contributed by atoms with van der Waals surface area (Å²) in [7, 11) is -3.88. The third kappa shape index (κ3) is 3.09. The van der Waals surface area contributed by atoms with Crippen molar-refractivity contribution in [3.8, 4) is 0 Å². The van der Waals surface area contributed by atoms with Crippen molar-refractivity contribution in [2.75, 3.05) is 0 Å². The van der Waals surface area contributed by atoms with Crippen LogP contribution in [0.3, 0.4) is 0 Å². The molecule has 21 heavy (non-hydrogen) atoms. The zero-order valence-corrected chi connectivity index (χ0v) is 13.6. The average molecular weight is 327 g/mol. The quantitative estimate of drug-likeness (QED) is 0.884. The number of benzene rings is 1. The lowest BCUT2D eigenvalue weighted by Gasteiger charge is -2.17. The molecule has 1 heterocycles. The SMILES string of the molecule is CC(C)C(C)NS(=O)(=O)c1c(C(=O)O)sc2ccccc12. The Morgan fingerprint density at radius 1 is 1.24 bits per heavy atom. The summed E-state index contributed by atoms with van der Waals surface area (Å²) in [5.74, 6) is -1.12. The molecule has 2 aromatic rings. The zero-order valence-electron chi connectivity index (χ0n) is 12.0. The minimum absolute atomic E-state index is 0.109. The summed E-state index contributed by atoms with van der Waals surface area (Å²) in [4.78, 5) is 11.1. The van der Waals surface area contributed by atoms with Crippen LogP contribution in [-0.4, -0.2) is 25.5 Å². The third-order valence-electron chi connectivity index (χ3n) is 3.35. The molecule has 0 spiro atoms. The van der Waals surface area contributed by atoms with E-state index in [0.29, 0.717) is 10.1 Å². The fourth-order valence-electron chi connectivity index (χ4n) is 1.87. The number of sulfonamides is 1. The number of aromatic carboxylic acids is 1. The summed E-state index contributed by atoms with van der Waals surface area (Å²) in [6.45, 7) is 5.56. The smallest absolute Gasteiger partial charge is 0.347 e. The lowest BCUT2D eigenvalue weighted by atomic mass is 10.1. The van der Waals surface area contributed by atoms with Crippen LogP contribution in [0.2, 0.25) is 0 Å². The lowest BCUT2D eigenvalue weighted by molar-refractivity contribution is 0.0698. The van der Waals surface area contributed by atoms with Gasteiger partial charge in [0.25, 0.3) is 0 Å². The zero-order chi connectivity index (χ0) is 15.8. The second kappa shape index (κ2) is 5.75. The molecule has 0 aliphatic rings. The van der Waals surface area contributed by atoms with E-state index in [-0.39, 0.29) is 21.7 Å². The minimum Gasteiger partial charge on any atom is -0.477 e. The van der Waals surface area contributed by atoms with E-state index < -0.39 is 16.0 Å². The van der Waals surface area contributed by atoms with E-state index in [9.17, 15) is 18.3 Å². The molecule has 2 N–H and O–H groups in total. The van der Waals surface area contributed by atoms with Crippen LogP contribution < -0.4 is 4.72 Å². The average Bonchev–Trinajstić information content (AvgIpc) is 2.78. The van der Waals surface area contributed by atoms with E-state index >= 15 is 0 Å². The van der Waals surface area contributed by atoms with E-state index in [0.717, 1.165) is 11.3 Å². The maximum Gasteiger partial charge on any atom is 0.347 e. The van der Waals surface area contributed by atoms with Crippen LogP contribution in [0, 0.1) is 5.92 Å². The fraction of sp³-hybridized carbons (Fsp3) is 0.357. The van der Waals surface area contributed by atoms with Gasteiger partial charge >= 0.3 is 5.97 Å². The monoisotopic (exact) mass is 327 g/mol. The maximum atomic E-state index is 12.6. The van der Waals surface area contributed by atoms with Gasteiger partial charge < -0.3 is 5.11 Å². The number of hydrogen-bond donors (Lipinski definition) is 2. The summed E-state index contributed by atoms with van der Waals surface area (Å²) in [6, 6.07) is 6.52. The molecule has 114 valence electrons. The predicted octanol–water partition coefficient (Wildman–Crippen LogP) is 2.92. The van der Waals surface area contributed by atoms with Crippen molar-refractivity contribution in [2.24, 2.45) is 5.92 Å². The van der Waals surface area contributed by atoms with Gasteiger partial charge in [0.2, 0.25) is 10.0 Å². The Morgan fingerprint density at radius 3 is 2.43 bits per heavy atom. The topological polar surface area (TPSA) is 83.5 Å². The van der Waals surface area contributed by atoms with E-state index in [2.05, 4.69) is 4.72 Å². The second-order valence-corrected chi connectivity index (χ2v) is 7.92. The minimum atomic E-state index is -3.88. The lowest BCUT2D eigenvalue weighted by Crippen LogP contribution is -2.36. The number of thiophene rings is 1. The Balaban J connectivity index is 2.64. The summed E-state index contributed by atoms with van der Waals surface area (Å²) < 4.78 is 28.4. The summed E-state index contributed by atoms with van der Waals surface area (Å²) in [5.41, 5.74) is 0. The molecule has 1 aromatic heterocycles. The standard InChI is InChI=1S/C14H17NO4S2/c1-8(2)9(3)15-21(18,19)13-10-6-4-5-7-11(10)20-12(13)14(16)17/h4-9,15H,1-3H3,(H,16,17). The molecule has 1 aromatic carbocycles. The number of rotatable bonds is 5. The van der Waals surface area contributed by atoms with Crippen molar-refractivity contribution < 1.29 is 18.3 Å². The molecule has 1 atom stereocenters. The van der Waals surface area contributed by atoms with Gasteiger partial charge in [0.1, 0.15) is 9.77 Å². The number of nitrogens with one attached hydrogen (secondary N) is 1. The van der Waals surface area contributed by atoms with Gasteiger partial charge in [-0.2, -0.15) is 0 Å². The van der Waals surface area contributed by atoms with Gasteiger partial charge in [0.15, 0.2) is 0 Å². The first-order chi connectivity index (χ1) is 9.74. The molecule has 0 saturated heterocycles.